The number of rotatable bonds is 5. The van der Waals surface area contributed by atoms with Gasteiger partial charge in [-0.05, 0) is 36.7 Å². The van der Waals surface area contributed by atoms with Crippen molar-refractivity contribution in [3.05, 3.63) is 35.9 Å². The predicted molar refractivity (Wildman–Crippen MR) is 100 cm³/mol. The smallest absolute Gasteiger partial charge is 0.323 e. The minimum Gasteiger partial charge on any atom is -0.480 e. The fourth-order valence-electron chi connectivity index (χ4n) is 4.07. The van der Waals surface area contributed by atoms with E-state index in [0.717, 1.165) is 25.7 Å². The zero-order chi connectivity index (χ0) is 19.3. The van der Waals surface area contributed by atoms with Crippen LogP contribution in [0.2, 0.25) is 0 Å². The molecule has 2 N–H and O–H groups in total. The lowest BCUT2D eigenvalue weighted by Crippen LogP contribution is -2.54. The maximum Gasteiger partial charge on any atom is 0.323 e. The highest BCUT2D eigenvalue weighted by Gasteiger charge is 2.42. The number of piperidine rings is 2. The lowest BCUT2D eigenvalue weighted by Gasteiger charge is -2.47. The quantitative estimate of drug-likeness (QED) is 0.822. The number of likely N-dealkylation sites (tertiary alicyclic amines) is 2. The fourth-order valence-corrected chi connectivity index (χ4v) is 4.07. The number of carbonyl (C=O) groups excluding carboxylic acids is 2. The van der Waals surface area contributed by atoms with Crippen LogP contribution in [0.25, 0.3) is 0 Å². The summed E-state index contributed by atoms with van der Waals surface area (Å²) in [4.78, 5) is 38.6. The Kier molecular flexibility index (Phi) is 5.98. The van der Waals surface area contributed by atoms with E-state index in [0.29, 0.717) is 32.6 Å². The summed E-state index contributed by atoms with van der Waals surface area (Å²) in [5.74, 6) is -1.06. The van der Waals surface area contributed by atoms with E-state index in [-0.39, 0.29) is 23.9 Å². The first kappa shape index (κ1) is 19.2. The Balaban J connectivity index is 1.45. The molecule has 1 spiro atoms. The Labute approximate surface area is 159 Å². The molecule has 1 aromatic rings. The number of benzene rings is 1. The average molecular weight is 373 g/mol. The molecule has 7 heteroatoms. The van der Waals surface area contributed by atoms with Gasteiger partial charge in [0.25, 0.3) is 0 Å². The molecule has 2 aliphatic rings. The highest BCUT2D eigenvalue weighted by molar-refractivity contribution is 5.82. The molecule has 1 aromatic carbocycles. The van der Waals surface area contributed by atoms with Crippen molar-refractivity contribution in [3.63, 3.8) is 0 Å². The van der Waals surface area contributed by atoms with E-state index in [1.54, 1.807) is 0 Å². The number of carbonyl (C=O) groups is 3. The van der Waals surface area contributed by atoms with E-state index in [9.17, 15) is 14.4 Å². The van der Waals surface area contributed by atoms with E-state index >= 15 is 0 Å². The molecule has 0 bridgehead atoms. The Morgan fingerprint density at radius 1 is 1.11 bits per heavy atom. The van der Waals surface area contributed by atoms with Crippen LogP contribution in [-0.2, 0) is 16.0 Å². The van der Waals surface area contributed by atoms with Gasteiger partial charge in [-0.1, -0.05) is 30.3 Å². The largest absolute Gasteiger partial charge is 0.480 e. The number of nitrogens with zero attached hydrogens (tertiary/aromatic N) is 2. The number of urea groups is 1. The molecule has 0 aliphatic carbocycles. The van der Waals surface area contributed by atoms with Crippen molar-refractivity contribution in [2.75, 3.05) is 32.7 Å². The zero-order valence-corrected chi connectivity index (χ0v) is 15.5. The molecule has 0 unspecified atom stereocenters. The fraction of sp³-hybridized carbons (Fsp3) is 0.550. The van der Waals surface area contributed by atoms with Gasteiger partial charge in [0.1, 0.15) is 6.54 Å². The monoisotopic (exact) mass is 373 g/mol. The average Bonchev–Trinajstić information content (AvgIpc) is 2.66. The number of amides is 3. The number of carboxylic acid groups (broad SMARTS) is 1. The van der Waals surface area contributed by atoms with Gasteiger partial charge in [0.2, 0.25) is 5.91 Å². The van der Waals surface area contributed by atoms with Crippen LogP contribution in [0, 0.1) is 5.41 Å². The third kappa shape index (κ3) is 4.99. The molecule has 0 saturated carbocycles. The van der Waals surface area contributed by atoms with Crippen LogP contribution >= 0.6 is 0 Å². The summed E-state index contributed by atoms with van der Waals surface area (Å²) in [7, 11) is 0. The van der Waals surface area contributed by atoms with Crippen molar-refractivity contribution in [2.24, 2.45) is 5.41 Å². The van der Waals surface area contributed by atoms with Crippen molar-refractivity contribution in [1.82, 2.24) is 15.1 Å². The van der Waals surface area contributed by atoms with E-state index in [2.05, 4.69) is 5.32 Å². The van der Waals surface area contributed by atoms with Crippen LogP contribution in [0.15, 0.2) is 30.3 Å². The topological polar surface area (TPSA) is 90.0 Å². The molecule has 3 amide bonds. The second-order valence-corrected chi connectivity index (χ2v) is 7.60. The normalized spacial score (nSPS) is 19.2. The summed E-state index contributed by atoms with van der Waals surface area (Å²) in [6, 6.07) is 10.00. The summed E-state index contributed by atoms with van der Waals surface area (Å²) in [5.41, 5.74) is 1.14. The number of hydrogen-bond donors (Lipinski definition) is 2. The van der Waals surface area contributed by atoms with E-state index in [1.807, 2.05) is 35.2 Å². The van der Waals surface area contributed by atoms with Gasteiger partial charge in [-0.2, -0.15) is 0 Å². The number of nitrogens with one attached hydrogen (secondary N) is 1. The Morgan fingerprint density at radius 2 is 1.81 bits per heavy atom. The van der Waals surface area contributed by atoms with Gasteiger partial charge in [-0.25, -0.2) is 4.79 Å². The van der Waals surface area contributed by atoms with Gasteiger partial charge in [-0.3, -0.25) is 9.59 Å². The van der Waals surface area contributed by atoms with E-state index in [4.69, 9.17) is 5.11 Å². The predicted octanol–water partition coefficient (Wildman–Crippen LogP) is 1.73. The highest BCUT2D eigenvalue weighted by Crippen LogP contribution is 2.40. The maximum absolute atomic E-state index is 12.4. The van der Waals surface area contributed by atoms with Crippen molar-refractivity contribution in [3.8, 4) is 0 Å². The number of carboxylic acids is 1. The molecule has 0 radical (unpaired) electrons. The third-order valence-electron chi connectivity index (χ3n) is 5.72. The molecule has 2 aliphatic heterocycles. The lowest BCUT2D eigenvalue weighted by molar-refractivity contribution is -0.149. The second-order valence-electron chi connectivity index (χ2n) is 7.60. The van der Waals surface area contributed by atoms with Gasteiger partial charge in [0.15, 0.2) is 0 Å². The van der Waals surface area contributed by atoms with Crippen LogP contribution < -0.4 is 5.32 Å². The zero-order valence-electron chi connectivity index (χ0n) is 15.5. The van der Waals surface area contributed by atoms with Crippen LogP contribution in [0.3, 0.4) is 0 Å². The lowest BCUT2D eigenvalue weighted by atomic mass is 9.72. The number of hydrogen-bond acceptors (Lipinski definition) is 3. The Morgan fingerprint density at radius 3 is 2.48 bits per heavy atom. The molecular formula is C20H27N3O4. The maximum atomic E-state index is 12.4. The SMILES string of the molecule is O=C(O)CN1CC2(CCC1=O)CCN(C(=O)NCCc1ccccc1)CC2. The van der Waals surface area contributed by atoms with Crippen LogP contribution in [-0.4, -0.2) is 65.5 Å². The van der Waals surface area contributed by atoms with Gasteiger partial charge in [0, 0.05) is 32.6 Å². The van der Waals surface area contributed by atoms with Crippen LogP contribution in [0.4, 0.5) is 4.79 Å². The van der Waals surface area contributed by atoms with Gasteiger partial charge in [-0.15, -0.1) is 0 Å². The molecular weight excluding hydrogens is 346 g/mol. The van der Waals surface area contributed by atoms with Crippen molar-refractivity contribution >= 4 is 17.9 Å². The van der Waals surface area contributed by atoms with E-state index < -0.39 is 5.97 Å². The molecule has 2 fully saturated rings. The Hall–Kier alpha value is -2.57. The van der Waals surface area contributed by atoms with E-state index in [1.165, 1.54) is 10.5 Å². The first-order chi connectivity index (χ1) is 13.0. The first-order valence-corrected chi connectivity index (χ1v) is 9.54. The molecule has 0 atom stereocenters. The second kappa shape index (κ2) is 8.41. The molecule has 0 aromatic heterocycles. The molecule has 3 rings (SSSR count). The highest BCUT2D eigenvalue weighted by atomic mass is 16.4. The molecule has 27 heavy (non-hydrogen) atoms. The van der Waals surface area contributed by atoms with Gasteiger partial charge in [0.05, 0.1) is 0 Å². The summed E-state index contributed by atoms with van der Waals surface area (Å²) in [6.45, 7) is 2.15. The van der Waals surface area contributed by atoms with Crippen molar-refractivity contribution in [2.45, 2.75) is 32.1 Å². The molecule has 2 saturated heterocycles. The molecule has 2 heterocycles. The number of aliphatic carboxylic acids is 1. The first-order valence-electron chi connectivity index (χ1n) is 9.54. The Bertz CT molecular complexity index is 684. The molecule has 7 nitrogen and oxygen atoms in total. The standard InChI is InChI=1S/C20H27N3O4/c24-17-6-8-20(15-23(17)14-18(25)26)9-12-22(13-10-20)19(27)21-11-7-16-4-2-1-3-5-16/h1-5H,6-15H2,(H,21,27)(H,25,26). The summed E-state index contributed by atoms with van der Waals surface area (Å²) < 4.78 is 0. The summed E-state index contributed by atoms with van der Waals surface area (Å²) in [6.07, 6.45) is 3.60. The molecule has 146 valence electrons. The van der Waals surface area contributed by atoms with Crippen LogP contribution in [0.5, 0.6) is 0 Å². The van der Waals surface area contributed by atoms with Crippen molar-refractivity contribution in [1.29, 1.82) is 0 Å². The van der Waals surface area contributed by atoms with Gasteiger partial charge >= 0.3 is 12.0 Å². The van der Waals surface area contributed by atoms with Gasteiger partial charge < -0.3 is 20.2 Å². The third-order valence-corrected chi connectivity index (χ3v) is 5.72. The summed E-state index contributed by atoms with van der Waals surface area (Å²) >= 11 is 0. The van der Waals surface area contributed by atoms with Crippen LogP contribution in [0.1, 0.15) is 31.2 Å². The minimum atomic E-state index is -0.976. The minimum absolute atomic E-state index is 0.0462. The summed E-state index contributed by atoms with van der Waals surface area (Å²) in [5, 5.41) is 12.0. The van der Waals surface area contributed by atoms with Crippen molar-refractivity contribution < 1.29 is 19.5 Å².